The fourth-order valence-corrected chi connectivity index (χ4v) is 0.642. The third kappa shape index (κ3) is 23.5. The first kappa shape index (κ1) is 18.1. The van der Waals surface area contributed by atoms with Crippen molar-refractivity contribution < 1.29 is 25.5 Å². The van der Waals surface area contributed by atoms with Crippen molar-refractivity contribution in [3.63, 3.8) is 0 Å². The molecule has 2 aromatic rings. The van der Waals surface area contributed by atoms with Crippen LogP contribution < -0.4 is 0 Å². The Balaban J connectivity index is 0. The van der Waals surface area contributed by atoms with E-state index in [2.05, 4.69) is 21.4 Å². The van der Waals surface area contributed by atoms with Gasteiger partial charge in [-0.2, -0.15) is 26.6 Å². The van der Waals surface area contributed by atoms with Gasteiger partial charge >= 0.3 is 8.26 Å². The van der Waals surface area contributed by atoms with Gasteiger partial charge in [0.2, 0.25) is 0 Å². The second-order valence-corrected chi connectivity index (χ2v) is 5.97. The summed E-state index contributed by atoms with van der Waals surface area (Å²) in [7, 11) is 4.81. The Morgan fingerprint density at radius 3 is 1.19 bits per heavy atom. The minimum atomic E-state index is -3.72. The number of hydrogen-bond donors (Lipinski definition) is 0. The van der Waals surface area contributed by atoms with Gasteiger partial charge in [0.25, 0.3) is 0 Å². The van der Waals surface area contributed by atoms with E-state index >= 15 is 0 Å². The monoisotopic (exact) mass is 320 g/mol. The van der Waals surface area contributed by atoms with Crippen molar-refractivity contribution in [3.8, 4) is 0 Å². The summed E-state index contributed by atoms with van der Waals surface area (Å²) in [5.41, 5.74) is 0. The first-order chi connectivity index (χ1) is 7.00. The van der Waals surface area contributed by atoms with Crippen LogP contribution in [-0.4, -0.2) is 8.42 Å². The molecule has 0 bridgehead atoms. The van der Waals surface area contributed by atoms with E-state index in [9.17, 15) is 0 Å². The van der Waals surface area contributed by atoms with Crippen molar-refractivity contribution in [1.29, 1.82) is 0 Å². The van der Waals surface area contributed by atoms with Crippen molar-refractivity contribution >= 4 is 29.6 Å². The average Bonchev–Trinajstić information content (AvgIpc) is 2.81. The topological polar surface area (TPSA) is 34.1 Å². The molecule has 0 heterocycles. The van der Waals surface area contributed by atoms with Crippen LogP contribution in [0.4, 0.5) is 0 Å². The van der Waals surface area contributed by atoms with Gasteiger partial charge in [-0.1, -0.05) is 0 Å². The third-order valence-electron chi connectivity index (χ3n) is 1.11. The van der Waals surface area contributed by atoms with Gasteiger partial charge in [-0.3, -0.25) is 0 Å². The van der Waals surface area contributed by atoms with Crippen LogP contribution >= 0.6 is 21.4 Å². The van der Waals surface area contributed by atoms with E-state index in [1.54, 1.807) is 0 Å². The minimum absolute atomic E-state index is 0. The molecule has 2 rings (SSSR count). The van der Waals surface area contributed by atoms with E-state index in [1.165, 1.54) is 0 Å². The van der Waals surface area contributed by atoms with Crippen LogP contribution in [-0.2, 0) is 25.3 Å². The van der Waals surface area contributed by atoms with Gasteiger partial charge in [0, 0.05) is 38.4 Å². The van der Waals surface area contributed by atoms with E-state index in [0.717, 1.165) is 0 Å². The molecular formula is C10H10Cl2FeO2S-6. The smallest absolute Gasteiger partial charge is 0.317 e. The van der Waals surface area contributed by atoms with Crippen LogP contribution in [0.5, 0.6) is 0 Å². The van der Waals surface area contributed by atoms with Gasteiger partial charge < -0.3 is 30.3 Å². The van der Waals surface area contributed by atoms with Crippen LogP contribution in [0.15, 0.2) is 60.7 Å². The Morgan fingerprint density at radius 2 is 1.06 bits per heavy atom. The van der Waals surface area contributed by atoms with Crippen molar-refractivity contribution in [3.05, 3.63) is 60.7 Å². The van der Waals surface area contributed by atoms with Gasteiger partial charge in [-0.15, -0.1) is 0 Å². The summed E-state index contributed by atoms with van der Waals surface area (Å²) in [5, 5.41) is 0. The Kier molecular flexibility index (Phi) is 12.7. The van der Waals surface area contributed by atoms with E-state index < -0.39 is 8.26 Å². The van der Waals surface area contributed by atoms with Crippen LogP contribution in [0.1, 0.15) is 0 Å². The predicted octanol–water partition coefficient (Wildman–Crippen LogP) is 3.52. The maximum atomic E-state index is 9.16. The molecule has 0 radical (unpaired) electrons. The fraction of sp³-hybridized carbons (Fsp3) is 0. The van der Waals surface area contributed by atoms with Crippen LogP contribution in [0.25, 0.3) is 0 Å². The standard InChI is InChI=1S/2C5H5.Cl2O2S.Fe/c2*1-2-4-5-3-1;1-5(2,3)4;/h2*1-5H;;/q-5;-1;;. The fourth-order valence-electron chi connectivity index (χ4n) is 0.642. The molecule has 2 nitrogen and oxygen atoms in total. The molecule has 0 amide bonds. The van der Waals surface area contributed by atoms with E-state index in [1.807, 2.05) is 60.7 Å². The van der Waals surface area contributed by atoms with Crippen LogP contribution in [0, 0.1) is 0 Å². The molecule has 0 saturated heterocycles. The summed E-state index contributed by atoms with van der Waals surface area (Å²) >= 11 is 0. The molecule has 0 N–H and O–H groups in total. The molecule has 16 heavy (non-hydrogen) atoms. The molecule has 2 aromatic carbocycles. The van der Waals surface area contributed by atoms with Gasteiger partial charge in [0.05, 0.1) is 0 Å². The first-order valence-electron chi connectivity index (χ1n) is 3.98. The van der Waals surface area contributed by atoms with E-state index in [0.29, 0.717) is 0 Å². The Morgan fingerprint density at radius 1 is 0.812 bits per heavy atom. The normalized spacial score (nSPS) is 8.62. The molecule has 0 spiro atoms. The second kappa shape index (κ2) is 11.2. The molecule has 0 unspecified atom stereocenters. The summed E-state index contributed by atoms with van der Waals surface area (Å²) < 4.78 is 18.3. The summed E-state index contributed by atoms with van der Waals surface area (Å²) in [5.74, 6) is 0. The van der Waals surface area contributed by atoms with Crippen molar-refractivity contribution in [2.24, 2.45) is 0 Å². The van der Waals surface area contributed by atoms with Crippen LogP contribution in [0.3, 0.4) is 0 Å². The van der Waals surface area contributed by atoms with Crippen LogP contribution in [0.2, 0.25) is 0 Å². The zero-order valence-corrected chi connectivity index (χ0v) is 11.5. The van der Waals surface area contributed by atoms with Crippen molar-refractivity contribution in [2.75, 3.05) is 0 Å². The predicted molar refractivity (Wildman–Crippen MR) is 64.7 cm³/mol. The molecule has 0 fully saturated rings. The average molecular weight is 321 g/mol. The molecular weight excluding hydrogens is 311 g/mol. The maximum absolute atomic E-state index is 9.16. The molecule has 0 aliphatic carbocycles. The summed E-state index contributed by atoms with van der Waals surface area (Å²) in [6.07, 6.45) is 0. The summed E-state index contributed by atoms with van der Waals surface area (Å²) in [6, 6.07) is 20.0. The number of hydrogen-bond acceptors (Lipinski definition) is 2. The molecule has 0 atom stereocenters. The molecule has 96 valence electrons. The van der Waals surface area contributed by atoms with Gasteiger partial charge in [0.1, 0.15) is 0 Å². The molecule has 6 heteroatoms. The van der Waals surface area contributed by atoms with Crippen molar-refractivity contribution in [1.82, 2.24) is 0 Å². The first-order valence-corrected chi connectivity index (χ1v) is 7.11. The van der Waals surface area contributed by atoms with E-state index in [4.69, 9.17) is 8.42 Å². The maximum Gasteiger partial charge on any atom is 0.317 e. The third-order valence-corrected chi connectivity index (χ3v) is 1.11. The minimum Gasteiger partial charge on any atom is -0.748 e. The Labute approximate surface area is 115 Å². The van der Waals surface area contributed by atoms with E-state index in [-0.39, 0.29) is 17.1 Å². The summed E-state index contributed by atoms with van der Waals surface area (Å²) in [4.78, 5) is 0. The zero-order valence-electron chi connectivity index (χ0n) is 8.11. The number of halogens is 2. The molecule has 0 aliphatic rings. The van der Waals surface area contributed by atoms with Gasteiger partial charge in [0.15, 0.2) is 0 Å². The Hall–Kier alpha value is -0.251. The zero-order chi connectivity index (χ0) is 11.6. The molecule has 0 aliphatic heterocycles. The largest absolute Gasteiger partial charge is 0.748 e. The molecule has 0 saturated carbocycles. The second-order valence-electron chi connectivity index (χ2n) is 2.30. The van der Waals surface area contributed by atoms with Gasteiger partial charge in [-0.25, -0.2) is 12.1 Å². The number of rotatable bonds is 0. The SMILES string of the molecule is O=S(=O)(Cl)Cl.[Fe].[cH-]1[cH-][cH-][cH-][cH-]1.c1cc[cH-]c1. The molecule has 0 aromatic heterocycles. The quantitative estimate of drug-likeness (QED) is 0.423. The van der Waals surface area contributed by atoms with Gasteiger partial charge in [-0.05, 0) is 0 Å². The Bertz CT molecular complexity index is 327. The van der Waals surface area contributed by atoms with Crippen molar-refractivity contribution in [2.45, 2.75) is 0 Å². The summed E-state index contributed by atoms with van der Waals surface area (Å²) in [6.45, 7) is 0.